The second-order valence-corrected chi connectivity index (χ2v) is 5.74. The highest BCUT2D eigenvalue weighted by Gasteiger charge is 2.06. The smallest absolute Gasteiger partial charge is 0.234 e. The molecule has 2 rings (SSSR count). The number of benzene rings is 2. The van der Waals surface area contributed by atoms with Crippen LogP contribution in [-0.2, 0) is 11.3 Å². The molecule has 0 saturated carbocycles. The van der Waals surface area contributed by atoms with Crippen LogP contribution in [0.2, 0.25) is 5.02 Å². The maximum atomic E-state index is 11.9. The van der Waals surface area contributed by atoms with Gasteiger partial charge in [-0.3, -0.25) is 9.69 Å². The Labute approximate surface area is 142 Å². The Balaban J connectivity index is 1.63. The second kappa shape index (κ2) is 9.18. The van der Waals surface area contributed by atoms with Crippen LogP contribution >= 0.6 is 11.6 Å². The Morgan fingerprint density at radius 1 is 1.13 bits per heavy atom. The van der Waals surface area contributed by atoms with Crippen LogP contribution in [0, 0.1) is 0 Å². The first kappa shape index (κ1) is 17.3. The number of rotatable bonds is 8. The van der Waals surface area contributed by atoms with Gasteiger partial charge in [0.2, 0.25) is 5.91 Å². The summed E-state index contributed by atoms with van der Waals surface area (Å²) in [5.41, 5.74) is 1.03. The molecule has 4 nitrogen and oxygen atoms in total. The van der Waals surface area contributed by atoms with Crippen molar-refractivity contribution in [3.8, 4) is 5.75 Å². The zero-order chi connectivity index (χ0) is 16.5. The zero-order valence-corrected chi connectivity index (χ0v) is 13.9. The molecule has 0 saturated heterocycles. The lowest BCUT2D eigenvalue weighted by Gasteiger charge is -2.16. The molecule has 1 amide bonds. The number of nitrogens with zero attached hydrogens (tertiary/aromatic N) is 1. The third-order valence-electron chi connectivity index (χ3n) is 3.30. The molecule has 0 aliphatic rings. The second-order valence-electron chi connectivity index (χ2n) is 5.30. The molecule has 23 heavy (non-hydrogen) atoms. The number of carbonyl (C=O) groups is 1. The summed E-state index contributed by atoms with van der Waals surface area (Å²) < 4.78 is 5.61. The molecule has 0 aliphatic carbocycles. The van der Waals surface area contributed by atoms with Gasteiger partial charge in [-0.2, -0.15) is 0 Å². The Kier molecular flexibility index (Phi) is 6.91. The minimum Gasteiger partial charge on any atom is -0.492 e. The number of ether oxygens (including phenoxy) is 1. The Bertz CT molecular complexity index is 602. The molecule has 122 valence electrons. The maximum Gasteiger partial charge on any atom is 0.234 e. The van der Waals surface area contributed by atoms with Crippen molar-refractivity contribution in [1.82, 2.24) is 10.2 Å². The van der Waals surface area contributed by atoms with E-state index in [0.717, 1.165) is 11.3 Å². The van der Waals surface area contributed by atoms with E-state index in [2.05, 4.69) is 5.32 Å². The molecular weight excluding hydrogens is 312 g/mol. The highest BCUT2D eigenvalue weighted by atomic mass is 35.5. The Morgan fingerprint density at radius 2 is 1.83 bits per heavy atom. The average molecular weight is 333 g/mol. The highest BCUT2D eigenvalue weighted by Crippen LogP contribution is 2.09. The van der Waals surface area contributed by atoms with Crippen molar-refractivity contribution >= 4 is 17.5 Å². The van der Waals surface area contributed by atoms with E-state index in [9.17, 15) is 4.79 Å². The minimum absolute atomic E-state index is 0.0119. The number of nitrogens with one attached hydrogen (secondary N) is 1. The summed E-state index contributed by atoms with van der Waals surface area (Å²) in [6.45, 7) is 2.07. The summed E-state index contributed by atoms with van der Waals surface area (Å²) in [4.78, 5) is 13.8. The highest BCUT2D eigenvalue weighted by molar-refractivity contribution is 6.30. The van der Waals surface area contributed by atoms with Crippen LogP contribution in [0.15, 0.2) is 54.6 Å². The molecule has 1 N–H and O–H groups in total. The topological polar surface area (TPSA) is 41.6 Å². The molecule has 0 aliphatic heterocycles. The van der Waals surface area contributed by atoms with E-state index in [-0.39, 0.29) is 5.91 Å². The number of para-hydroxylation sites is 1. The van der Waals surface area contributed by atoms with Crippen LogP contribution in [0.25, 0.3) is 0 Å². The van der Waals surface area contributed by atoms with Gasteiger partial charge in [-0.15, -0.1) is 0 Å². The molecule has 2 aromatic carbocycles. The van der Waals surface area contributed by atoms with E-state index in [0.29, 0.717) is 31.3 Å². The average Bonchev–Trinajstić information content (AvgIpc) is 2.55. The van der Waals surface area contributed by atoms with E-state index in [1.807, 2.05) is 66.5 Å². The zero-order valence-electron chi connectivity index (χ0n) is 13.2. The van der Waals surface area contributed by atoms with Gasteiger partial charge < -0.3 is 10.1 Å². The van der Waals surface area contributed by atoms with Gasteiger partial charge >= 0.3 is 0 Å². The molecule has 0 atom stereocenters. The maximum absolute atomic E-state index is 11.9. The van der Waals surface area contributed by atoms with Crippen LogP contribution in [0.3, 0.4) is 0 Å². The van der Waals surface area contributed by atoms with Crippen LogP contribution in [-0.4, -0.2) is 37.6 Å². The largest absolute Gasteiger partial charge is 0.492 e. The summed E-state index contributed by atoms with van der Waals surface area (Å²) >= 11 is 5.83. The molecule has 0 heterocycles. The lowest BCUT2D eigenvalue weighted by molar-refractivity contribution is -0.122. The normalized spacial score (nSPS) is 10.6. The number of hydrogen-bond acceptors (Lipinski definition) is 3. The van der Waals surface area contributed by atoms with Crippen molar-refractivity contribution in [2.75, 3.05) is 26.7 Å². The summed E-state index contributed by atoms with van der Waals surface area (Å²) in [5.74, 6) is 0.829. The molecule has 0 radical (unpaired) electrons. The number of halogens is 1. The fourth-order valence-electron chi connectivity index (χ4n) is 2.02. The van der Waals surface area contributed by atoms with Gasteiger partial charge in [0.15, 0.2) is 0 Å². The minimum atomic E-state index is -0.0119. The SMILES string of the molecule is CN(CCOc1ccccc1)CC(=O)NCc1ccc(Cl)cc1. The number of likely N-dealkylation sites (N-methyl/N-ethyl adjacent to an activating group) is 1. The first-order valence-electron chi connectivity index (χ1n) is 7.51. The van der Waals surface area contributed by atoms with Crippen LogP contribution in [0.4, 0.5) is 0 Å². The van der Waals surface area contributed by atoms with Gasteiger partial charge in [-0.1, -0.05) is 41.9 Å². The first-order valence-corrected chi connectivity index (χ1v) is 7.89. The summed E-state index contributed by atoms with van der Waals surface area (Å²) in [7, 11) is 1.90. The van der Waals surface area contributed by atoms with Crippen molar-refractivity contribution in [2.24, 2.45) is 0 Å². The van der Waals surface area contributed by atoms with Gasteiger partial charge in [0.1, 0.15) is 12.4 Å². The van der Waals surface area contributed by atoms with Crippen molar-refractivity contribution in [3.63, 3.8) is 0 Å². The van der Waals surface area contributed by atoms with E-state index in [1.165, 1.54) is 0 Å². The number of hydrogen-bond donors (Lipinski definition) is 1. The van der Waals surface area contributed by atoms with Gasteiger partial charge in [-0.05, 0) is 36.9 Å². The first-order chi connectivity index (χ1) is 11.1. The quantitative estimate of drug-likeness (QED) is 0.808. The van der Waals surface area contributed by atoms with Crippen LogP contribution in [0.5, 0.6) is 5.75 Å². The monoisotopic (exact) mass is 332 g/mol. The molecule has 0 aromatic heterocycles. The lowest BCUT2D eigenvalue weighted by Crippen LogP contribution is -2.36. The van der Waals surface area contributed by atoms with Gasteiger partial charge in [0.25, 0.3) is 0 Å². The van der Waals surface area contributed by atoms with Gasteiger partial charge in [-0.25, -0.2) is 0 Å². The molecule has 5 heteroatoms. The lowest BCUT2D eigenvalue weighted by atomic mass is 10.2. The van der Waals surface area contributed by atoms with Crippen LogP contribution < -0.4 is 10.1 Å². The summed E-state index contributed by atoms with van der Waals surface area (Å²) in [6, 6.07) is 17.1. The molecule has 0 unspecified atom stereocenters. The van der Waals surface area contributed by atoms with Crippen molar-refractivity contribution < 1.29 is 9.53 Å². The fraction of sp³-hybridized carbons (Fsp3) is 0.278. The summed E-state index contributed by atoms with van der Waals surface area (Å²) in [6.07, 6.45) is 0. The van der Waals surface area contributed by atoms with E-state index >= 15 is 0 Å². The molecule has 0 fully saturated rings. The van der Waals surface area contributed by atoms with Crippen molar-refractivity contribution in [2.45, 2.75) is 6.54 Å². The van der Waals surface area contributed by atoms with Crippen LogP contribution in [0.1, 0.15) is 5.56 Å². The Hall–Kier alpha value is -2.04. The van der Waals surface area contributed by atoms with Gasteiger partial charge in [0, 0.05) is 18.1 Å². The predicted molar refractivity (Wildman–Crippen MR) is 92.7 cm³/mol. The third kappa shape index (κ3) is 6.72. The number of carbonyl (C=O) groups excluding carboxylic acids is 1. The standard InChI is InChI=1S/C18H21ClN2O2/c1-21(11-12-23-17-5-3-2-4-6-17)14-18(22)20-13-15-7-9-16(19)10-8-15/h2-10H,11-14H2,1H3,(H,20,22). The molecule has 2 aromatic rings. The molecular formula is C18H21ClN2O2. The van der Waals surface area contributed by atoms with E-state index < -0.39 is 0 Å². The third-order valence-corrected chi connectivity index (χ3v) is 3.55. The summed E-state index contributed by atoms with van der Waals surface area (Å²) in [5, 5.41) is 3.59. The predicted octanol–water partition coefficient (Wildman–Crippen LogP) is 2.97. The number of amides is 1. The van der Waals surface area contributed by atoms with E-state index in [4.69, 9.17) is 16.3 Å². The molecule has 0 spiro atoms. The van der Waals surface area contributed by atoms with Gasteiger partial charge in [0.05, 0.1) is 6.54 Å². The Morgan fingerprint density at radius 3 is 2.52 bits per heavy atom. The van der Waals surface area contributed by atoms with E-state index in [1.54, 1.807) is 0 Å². The fourth-order valence-corrected chi connectivity index (χ4v) is 2.15. The van der Waals surface area contributed by atoms with Crippen molar-refractivity contribution in [1.29, 1.82) is 0 Å². The van der Waals surface area contributed by atoms with Crippen molar-refractivity contribution in [3.05, 3.63) is 65.2 Å². The molecule has 0 bridgehead atoms.